The second-order valence-corrected chi connectivity index (χ2v) is 35.6. The molecular formula is C109H96N26O4. The number of fused-ring (bicyclic) bond motifs is 15. The number of hydrogen-bond donors (Lipinski definition) is 8. The predicted molar refractivity (Wildman–Crippen MR) is 540 cm³/mol. The van der Waals surface area contributed by atoms with Crippen molar-refractivity contribution >= 4 is 115 Å². The Morgan fingerprint density at radius 3 is 1.14 bits per heavy atom. The molecule has 0 radical (unpaired) electrons. The zero-order valence-electron chi connectivity index (χ0n) is 76.9. The van der Waals surface area contributed by atoms with Crippen LogP contribution in [0, 0.1) is 56.7 Å². The van der Waals surface area contributed by atoms with Gasteiger partial charge in [-0.25, -0.2) is 49.8 Å². The van der Waals surface area contributed by atoms with E-state index in [0.29, 0.717) is 35.1 Å². The number of rotatable bonds is 14. The topological polar surface area (TPSA) is 412 Å². The van der Waals surface area contributed by atoms with Crippen LogP contribution >= 0.6 is 0 Å². The summed E-state index contributed by atoms with van der Waals surface area (Å²) < 4.78 is 17.6. The molecule has 0 aliphatic carbocycles. The van der Waals surface area contributed by atoms with Crippen molar-refractivity contribution in [3.8, 4) is 97.5 Å². The number of benzene rings is 5. The van der Waals surface area contributed by atoms with Crippen LogP contribution in [0.5, 0.6) is 11.5 Å². The maximum Gasteiger partial charge on any atom is 0.141 e. The molecule has 686 valence electrons. The number of likely N-dealkylation sites (tertiary alicyclic amines) is 1. The molecule has 20 aromatic rings. The Kier molecular flexibility index (Phi) is 25.9. The summed E-state index contributed by atoms with van der Waals surface area (Å²) in [6.07, 6.45) is 21.8. The highest BCUT2D eigenvalue weighted by atomic mass is 16.5. The first-order chi connectivity index (χ1) is 68.0. The van der Waals surface area contributed by atoms with E-state index in [2.05, 4.69) is 240 Å². The van der Waals surface area contributed by atoms with E-state index in [1.54, 1.807) is 55.2 Å². The monoisotopic (exact) mass is 1830 g/mol. The van der Waals surface area contributed by atoms with Gasteiger partial charge in [-0.1, -0.05) is 84.9 Å². The predicted octanol–water partition coefficient (Wildman–Crippen LogP) is 17.6. The molecule has 4 aliphatic rings. The molecule has 0 bridgehead atoms. The largest absolute Gasteiger partial charge is 0.492 e. The first-order valence-electron chi connectivity index (χ1n) is 46.2. The van der Waals surface area contributed by atoms with Crippen LogP contribution in [0.4, 0.5) is 5.69 Å². The minimum absolute atomic E-state index is 0.110. The number of aromatic amines is 5. The molecule has 4 aliphatic heterocycles. The highest BCUT2D eigenvalue weighted by Gasteiger charge is 2.33. The van der Waals surface area contributed by atoms with Crippen LogP contribution in [0.2, 0.25) is 0 Å². The normalized spacial score (nSPS) is 15.5. The number of morpholine rings is 1. The molecule has 2 atom stereocenters. The number of aromatic nitrogens is 15. The number of ether oxygens (including phenoxy) is 3. The fourth-order valence-electron chi connectivity index (χ4n) is 18.3. The number of hydrogen-bond acceptors (Lipinski definition) is 25. The third-order valence-electron chi connectivity index (χ3n) is 26.1. The van der Waals surface area contributed by atoms with Gasteiger partial charge in [-0.05, 0) is 196 Å². The van der Waals surface area contributed by atoms with E-state index in [1.807, 2.05) is 112 Å². The Balaban J connectivity index is 0.000000107. The first kappa shape index (κ1) is 90.0. The summed E-state index contributed by atoms with van der Waals surface area (Å²) in [4.78, 5) is 68.9. The van der Waals surface area contributed by atoms with Gasteiger partial charge in [0, 0.05) is 184 Å². The minimum atomic E-state index is -0.745. The van der Waals surface area contributed by atoms with Gasteiger partial charge in [0.15, 0.2) is 0 Å². The van der Waals surface area contributed by atoms with E-state index >= 15 is 0 Å². The van der Waals surface area contributed by atoms with Gasteiger partial charge < -0.3 is 74.5 Å². The number of pyridine rings is 10. The molecule has 5 aromatic carbocycles. The smallest absolute Gasteiger partial charge is 0.141 e. The van der Waals surface area contributed by atoms with Crippen LogP contribution in [-0.2, 0) is 10.3 Å². The molecule has 2 unspecified atom stereocenters. The number of nitriles is 5. The van der Waals surface area contributed by atoms with Crippen LogP contribution in [-0.4, -0.2) is 214 Å². The highest BCUT2D eigenvalue weighted by molar-refractivity contribution is 6.11. The van der Waals surface area contributed by atoms with Crippen molar-refractivity contribution in [1.82, 2.24) is 100 Å². The maximum atomic E-state index is 11.0. The molecule has 30 heteroatoms. The second-order valence-electron chi connectivity index (χ2n) is 35.6. The molecule has 4 fully saturated rings. The van der Waals surface area contributed by atoms with Crippen molar-refractivity contribution in [2.75, 3.05) is 118 Å². The molecule has 0 spiro atoms. The van der Waals surface area contributed by atoms with Gasteiger partial charge >= 0.3 is 0 Å². The van der Waals surface area contributed by atoms with Crippen LogP contribution in [0.1, 0.15) is 71.4 Å². The molecule has 30 nitrogen and oxygen atoms in total. The lowest BCUT2D eigenvalue weighted by atomic mass is 9.84. The molecule has 8 N–H and O–H groups in total. The third-order valence-corrected chi connectivity index (χ3v) is 26.1. The maximum absolute atomic E-state index is 11.0. The van der Waals surface area contributed by atoms with Gasteiger partial charge in [-0.2, -0.15) is 26.3 Å². The SMILES string of the molecule is CN(C)CCOc1ccc(-c2cnc3[nH]c4cnc(C#N)cc4c3c2)cc1.CN1CCC(O)(c2ccc(-c3cnc4[nH]c5cnc(C#N)cc5c4c3)cc2)CC1.CN1CCN(c2cccc(-c3cnc4[nH]c5cnc(C#N)cc5c4c3)c2)CC1.N#Cc1cc2c(cn1)[nH]c1ncc(-c3ccc(C4CNCCO4)cc3)cc12.N#Cc1cc2c(cn1)[nH]c1ncc(-c3ccc(OC4CCCNC4)cc3)cc12. The number of nitrogens with one attached hydrogen (secondary N) is 7. The van der Waals surface area contributed by atoms with E-state index in [9.17, 15) is 5.11 Å². The Bertz CT molecular complexity index is 8170. The highest BCUT2D eigenvalue weighted by Crippen LogP contribution is 2.39. The van der Waals surface area contributed by atoms with E-state index in [0.717, 1.165) is 287 Å². The van der Waals surface area contributed by atoms with Crippen molar-refractivity contribution in [1.29, 1.82) is 26.3 Å². The molecule has 19 heterocycles. The number of aliphatic hydroxyl groups is 1. The first-order valence-corrected chi connectivity index (χ1v) is 46.2. The van der Waals surface area contributed by atoms with Crippen LogP contribution < -0.4 is 25.0 Å². The summed E-state index contributed by atoms with van der Waals surface area (Å²) in [5.41, 5.74) is 23.6. The fourth-order valence-corrected chi connectivity index (χ4v) is 18.3. The number of H-pyrrole nitrogens is 5. The Morgan fingerprint density at radius 2 is 0.770 bits per heavy atom. The summed E-state index contributed by atoms with van der Waals surface area (Å²) >= 11 is 0. The second kappa shape index (κ2) is 40.0. The van der Waals surface area contributed by atoms with Gasteiger partial charge in [0.2, 0.25) is 0 Å². The van der Waals surface area contributed by atoms with E-state index in [-0.39, 0.29) is 12.2 Å². The zero-order chi connectivity index (χ0) is 95.0. The van der Waals surface area contributed by atoms with Crippen LogP contribution in [0.15, 0.2) is 244 Å². The quantitative estimate of drug-likeness (QED) is 0.0501. The van der Waals surface area contributed by atoms with E-state index in [4.69, 9.17) is 40.5 Å². The van der Waals surface area contributed by atoms with Gasteiger partial charge in [0.1, 0.15) is 111 Å². The molecule has 4 saturated heterocycles. The molecule has 24 rings (SSSR count). The zero-order valence-corrected chi connectivity index (χ0v) is 76.9. The average Bonchev–Trinajstić information content (AvgIpc) is 1.61. The number of piperazine rings is 1. The molecule has 15 aromatic heterocycles. The van der Waals surface area contributed by atoms with Crippen molar-refractivity contribution in [3.05, 3.63) is 284 Å². The Morgan fingerprint density at radius 1 is 0.396 bits per heavy atom. The number of anilines is 1. The lowest BCUT2D eigenvalue weighted by molar-refractivity contribution is -0.0203. The number of likely N-dealkylation sites (N-methyl/N-ethyl adjacent to an activating group) is 2. The van der Waals surface area contributed by atoms with Gasteiger partial charge in [-0.3, -0.25) is 0 Å². The standard InChI is InChI=1S/C23H21N5O.C22H20N6.C22H19N5O.C21H17N5O.C21H19N5O/c1-28-8-6-23(29,7-9-28)17-4-2-15(3-5-17)16-10-20-19-11-18(12-24)25-14-21(19)27-22(20)26-13-16;1-27-5-7-28(8-6-27)18-4-2-3-15(9-18)16-10-20-19-11-17(12-23)24-14-21(19)26-22(20)25-13-16;23-10-16-9-19-20-8-15(11-26-22(20)27-21(19)13-25-16)14-3-5-17(6-4-14)28-18-2-1-7-24-12-18;22-9-16-8-17-18-7-15(10-25-21(18)26-19(17)11-24-16)13-1-3-14(4-2-13)20-12-23-5-6-27-20;1-26(2)7-8-27-17-5-3-14(4-6-17)15-9-19-18-10-16(11-22)23-13-20(18)25-21(19)24-12-15/h2-5,10-11,13-14,29H,6-9H2,1H3,(H,26,27);2-4,9-11,13-14H,5-8H2,1H3,(H,25,26);3-6,8-9,11,13,18,24H,1-2,7,12H2,(H,26,27);1-4,7-8,10-11,20,23H,5-6,12H2,(H,25,26);3-6,9-10,12-13H,7-8H2,1-2H3,(H,24,25). The van der Waals surface area contributed by atoms with Crippen molar-refractivity contribution < 1.29 is 19.3 Å². The van der Waals surface area contributed by atoms with E-state index < -0.39 is 5.60 Å². The third kappa shape index (κ3) is 19.8. The van der Waals surface area contributed by atoms with E-state index in [1.165, 1.54) is 11.3 Å². The van der Waals surface area contributed by atoms with Crippen LogP contribution in [0.25, 0.3) is 165 Å². The summed E-state index contributed by atoms with van der Waals surface area (Å²) in [6, 6.07) is 71.4. The van der Waals surface area contributed by atoms with Gasteiger partial charge in [0.25, 0.3) is 0 Å². The fraction of sp³-hybridized carbons (Fsp3) is 0.220. The van der Waals surface area contributed by atoms with Crippen molar-refractivity contribution in [3.63, 3.8) is 0 Å². The summed E-state index contributed by atoms with van der Waals surface area (Å²) in [6.45, 7) is 12.1. The lowest BCUT2D eigenvalue weighted by Gasteiger charge is -2.37. The van der Waals surface area contributed by atoms with Crippen molar-refractivity contribution in [2.24, 2.45) is 0 Å². The number of nitrogens with zero attached hydrogens (tertiary/aromatic N) is 19. The molecular weight excluding hydrogens is 1740 g/mol. The van der Waals surface area contributed by atoms with Gasteiger partial charge in [-0.15, -0.1) is 0 Å². The Labute approximate surface area is 799 Å². The lowest BCUT2D eigenvalue weighted by Crippen LogP contribution is -2.44. The Hall–Kier alpha value is -16.8. The van der Waals surface area contributed by atoms with Gasteiger partial charge in [0.05, 0.1) is 76.9 Å². The molecule has 139 heavy (non-hydrogen) atoms. The van der Waals surface area contributed by atoms with Crippen LogP contribution in [0.3, 0.4) is 0 Å². The molecule has 0 amide bonds. The molecule has 0 saturated carbocycles. The summed E-state index contributed by atoms with van der Waals surface area (Å²) in [7, 11) is 8.31. The number of piperidine rings is 2. The average molecular weight is 1830 g/mol. The summed E-state index contributed by atoms with van der Waals surface area (Å²) in [5, 5.41) is 73.1. The minimum Gasteiger partial charge on any atom is -0.492 e. The van der Waals surface area contributed by atoms with Crippen molar-refractivity contribution in [2.45, 2.75) is 43.5 Å². The summed E-state index contributed by atoms with van der Waals surface area (Å²) in [5.74, 6) is 1.75.